The number of hydrogen-bond acceptors (Lipinski definition) is 2. The summed E-state index contributed by atoms with van der Waals surface area (Å²) in [5.41, 5.74) is 3.71. The Morgan fingerprint density at radius 1 is 1.00 bits per heavy atom. The zero-order chi connectivity index (χ0) is 16.4. The Balaban J connectivity index is 1.69. The molecule has 4 heteroatoms. The van der Waals surface area contributed by atoms with Crippen LogP contribution in [0, 0.1) is 19.7 Å². The summed E-state index contributed by atoms with van der Waals surface area (Å²) >= 11 is 0. The van der Waals surface area contributed by atoms with E-state index in [1.165, 1.54) is 23.4 Å². The lowest BCUT2D eigenvalue weighted by molar-refractivity contribution is 0.0745. The Kier molecular flexibility index (Phi) is 4.33. The summed E-state index contributed by atoms with van der Waals surface area (Å²) < 4.78 is 13.4. The zero-order valence-electron chi connectivity index (χ0n) is 13.6. The normalized spacial score (nSPS) is 14.9. The lowest BCUT2D eigenvalue weighted by atomic mass is 10.1. The first kappa shape index (κ1) is 15.5. The molecule has 3 nitrogen and oxygen atoms in total. The minimum absolute atomic E-state index is 0.0779. The fraction of sp³-hybridized carbons (Fsp3) is 0.316. The van der Waals surface area contributed by atoms with Crippen LogP contribution >= 0.6 is 0 Å². The predicted molar refractivity (Wildman–Crippen MR) is 90.4 cm³/mol. The van der Waals surface area contributed by atoms with Gasteiger partial charge in [0.2, 0.25) is 0 Å². The number of benzene rings is 2. The molecule has 0 unspecified atom stereocenters. The highest BCUT2D eigenvalue weighted by atomic mass is 19.1. The molecule has 0 aliphatic carbocycles. The second-order valence-electron chi connectivity index (χ2n) is 6.08. The smallest absolute Gasteiger partial charge is 0.254 e. The van der Waals surface area contributed by atoms with E-state index < -0.39 is 0 Å². The third-order valence-corrected chi connectivity index (χ3v) is 4.36. The van der Waals surface area contributed by atoms with Crippen LogP contribution in [0.25, 0.3) is 0 Å². The first-order valence-corrected chi connectivity index (χ1v) is 7.91. The SMILES string of the molecule is Cc1cccc(N2CCN(C(=O)c3cc(F)ccc3C)CC2)c1. The fourth-order valence-electron chi connectivity index (χ4n) is 2.99. The molecule has 2 aromatic carbocycles. The van der Waals surface area contributed by atoms with Gasteiger partial charge in [-0.1, -0.05) is 18.2 Å². The molecule has 1 fully saturated rings. The number of piperazine rings is 1. The van der Waals surface area contributed by atoms with Crippen molar-refractivity contribution >= 4 is 11.6 Å². The number of carbonyl (C=O) groups is 1. The van der Waals surface area contributed by atoms with Crippen LogP contribution in [0.5, 0.6) is 0 Å². The van der Waals surface area contributed by atoms with Crippen molar-refractivity contribution in [1.29, 1.82) is 0 Å². The van der Waals surface area contributed by atoms with Crippen molar-refractivity contribution in [1.82, 2.24) is 4.90 Å². The number of carbonyl (C=O) groups excluding carboxylic acids is 1. The van der Waals surface area contributed by atoms with Crippen molar-refractivity contribution in [2.24, 2.45) is 0 Å². The summed E-state index contributed by atoms with van der Waals surface area (Å²) in [4.78, 5) is 16.7. The molecule has 3 rings (SSSR count). The molecule has 1 aliphatic heterocycles. The minimum atomic E-state index is -0.364. The van der Waals surface area contributed by atoms with E-state index in [-0.39, 0.29) is 11.7 Å². The van der Waals surface area contributed by atoms with Crippen molar-refractivity contribution in [3.05, 3.63) is 65.0 Å². The van der Waals surface area contributed by atoms with Crippen LogP contribution < -0.4 is 4.90 Å². The van der Waals surface area contributed by atoms with E-state index in [1.54, 1.807) is 6.07 Å². The molecule has 1 aliphatic rings. The van der Waals surface area contributed by atoms with E-state index in [9.17, 15) is 9.18 Å². The molecule has 2 aromatic rings. The van der Waals surface area contributed by atoms with Crippen molar-refractivity contribution < 1.29 is 9.18 Å². The number of aryl methyl sites for hydroxylation is 2. The average molecular weight is 312 g/mol. The van der Waals surface area contributed by atoms with Gasteiger partial charge in [-0.05, 0) is 49.2 Å². The van der Waals surface area contributed by atoms with Crippen LogP contribution in [0.15, 0.2) is 42.5 Å². The highest BCUT2D eigenvalue weighted by Gasteiger charge is 2.23. The Labute approximate surface area is 136 Å². The lowest BCUT2D eigenvalue weighted by Crippen LogP contribution is -2.49. The molecule has 120 valence electrons. The number of hydrogen-bond donors (Lipinski definition) is 0. The molecule has 1 saturated heterocycles. The monoisotopic (exact) mass is 312 g/mol. The van der Waals surface area contributed by atoms with Crippen molar-refractivity contribution in [3.8, 4) is 0 Å². The van der Waals surface area contributed by atoms with E-state index >= 15 is 0 Å². The van der Waals surface area contributed by atoms with Crippen LogP contribution in [0.1, 0.15) is 21.5 Å². The van der Waals surface area contributed by atoms with Gasteiger partial charge in [-0.25, -0.2) is 4.39 Å². The van der Waals surface area contributed by atoms with Crippen molar-refractivity contribution in [2.75, 3.05) is 31.1 Å². The molecule has 1 amide bonds. The molecule has 0 aromatic heterocycles. The van der Waals surface area contributed by atoms with Gasteiger partial charge in [-0.2, -0.15) is 0 Å². The number of amides is 1. The Morgan fingerprint density at radius 2 is 1.74 bits per heavy atom. The Hall–Kier alpha value is -2.36. The van der Waals surface area contributed by atoms with Gasteiger partial charge in [0.15, 0.2) is 0 Å². The third kappa shape index (κ3) is 3.36. The van der Waals surface area contributed by atoms with Gasteiger partial charge in [0.1, 0.15) is 5.82 Å². The summed E-state index contributed by atoms with van der Waals surface area (Å²) in [6, 6.07) is 12.8. The minimum Gasteiger partial charge on any atom is -0.368 e. The molecular formula is C19H21FN2O. The van der Waals surface area contributed by atoms with Gasteiger partial charge in [0, 0.05) is 37.4 Å². The summed E-state index contributed by atoms with van der Waals surface area (Å²) in [5.74, 6) is -0.441. The fourth-order valence-corrected chi connectivity index (χ4v) is 2.99. The number of halogens is 1. The third-order valence-electron chi connectivity index (χ3n) is 4.36. The average Bonchev–Trinajstić information content (AvgIpc) is 2.56. The number of rotatable bonds is 2. The molecule has 0 N–H and O–H groups in total. The first-order chi connectivity index (χ1) is 11.0. The van der Waals surface area contributed by atoms with E-state index in [0.717, 1.165) is 18.7 Å². The van der Waals surface area contributed by atoms with Gasteiger partial charge >= 0.3 is 0 Å². The van der Waals surface area contributed by atoms with Crippen LogP contribution in [-0.4, -0.2) is 37.0 Å². The summed E-state index contributed by atoms with van der Waals surface area (Å²) in [5, 5.41) is 0. The molecule has 1 heterocycles. The van der Waals surface area contributed by atoms with Crippen LogP contribution in [0.2, 0.25) is 0 Å². The Bertz CT molecular complexity index is 721. The molecule has 0 atom stereocenters. The summed E-state index contributed by atoms with van der Waals surface area (Å²) in [6.45, 7) is 6.82. The van der Waals surface area contributed by atoms with Gasteiger partial charge in [0.25, 0.3) is 5.91 Å². The lowest BCUT2D eigenvalue weighted by Gasteiger charge is -2.36. The highest BCUT2D eigenvalue weighted by molar-refractivity contribution is 5.95. The van der Waals surface area contributed by atoms with E-state index in [1.807, 2.05) is 11.8 Å². The quantitative estimate of drug-likeness (QED) is 0.848. The van der Waals surface area contributed by atoms with E-state index in [4.69, 9.17) is 0 Å². The largest absolute Gasteiger partial charge is 0.368 e. The molecule has 23 heavy (non-hydrogen) atoms. The maximum Gasteiger partial charge on any atom is 0.254 e. The second kappa shape index (κ2) is 6.41. The summed E-state index contributed by atoms with van der Waals surface area (Å²) in [6.07, 6.45) is 0. The topological polar surface area (TPSA) is 23.6 Å². The van der Waals surface area contributed by atoms with E-state index in [0.29, 0.717) is 18.7 Å². The zero-order valence-corrected chi connectivity index (χ0v) is 13.6. The number of nitrogens with zero attached hydrogens (tertiary/aromatic N) is 2. The molecular weight excluding hydrogens is 291 g/mol. The van der Waals surface area contributed by atoms with Crippen molar-refractivity contribution in [3.63, 3.8) is 0 Å². The van der Waals surface area contributed by atoms with Gasteiger partial charge in [-0.15, -0.1) is 0 Å². The highest BCUT2D eigenvalue weighted by Crippen LogP contribution is 2.19. The Morgan fingerprint density at radius 3 is 2.43 bits per heavy atom. The van der Waals surface area contributed by atoms with Gasteiger partial charge < -0.3 is 9.80 Å². The van der Waals surface area contributed by atoms with E-state index in [2.05, 4.69) is 36.1 Å². The molecule has 0 saturated carbocycles. The van der Waals surface area contributed by atoms with Crippen LogP contribution in [-0.2, 0) is 0 Å². The molecule has 0 spiro atoms. The molecule has 0 bridgehead atoms. The standard InChI is InChI=1S/C19H21FN2O/c1-14-4-3-5-17(12-14)21-8-10-22(11-9-21)19(23)18-13-16(20)7-6-15(18)2/h3-7,12-13H,8-11H2,1-2H3. The predicted octanol–water partition coefficient (Wildman–Crippen LogP) is 3.40. The van der Waals surface area contributed by atoms with Gasteiger partial charge in [0.05, 0.1) is 0 Å². The number of anilines is 1. The first-order valence-electron chi connectivity index (χ1n) is 7.91. The van der Waals surface area contributed by atoms with Crippen molar-refractivity contribution in [2.45, 2.75) is 13.8 Å². The van der Waals surface area contributed by atoms with Crippen LogP contribution in [0.3, 0.4) is 0 Å². The summed E-state index contributed by atoms with van der Waals surface area (Å²) in [7, 11) is 0. The van der Waals surface area contributed by atoms with Crippen LogP contribution in [0.4, 0.5) is 10.1 Å². The molecule has 0 radical (unpaired) electrons. The second-order valence-corrected chi connectivity index (χ2v) is 6.08. The maximum atomic E-state index is 13.4. The maximum absolute atomic E-state index is 13.4. The van der Waals surface area contributed by atoms with Gasteiger partial charge in [-0.3, -0.25) is 4.79 Å².